The van der Waals surface area contributed by atoms with Crippen LogP contribution in [0.3, 0.4) is 0 Å². The largest absolute Gasteiger partial charge is 0.466 e. The number of carbonyl (C=O) groups is 3. The van der Waals surface area contributed by atoms with Gasteiger partial charge in [-0.2, -0.15) is 0 Å². The normalized spacial score (nSPS) is 13.2. The first-order valence-corrected chi connectivity index (χ1v) is 6.66. The molecule has 1 aliphatic heterocycles. The molecule has 0 aliphatic carbocycles. The molecule has 0 N–H and O–H groups in total. The Bertz CT molecular complexity index is 538. The van der Waals surface area contributed by atoms with Gasteiger partial charge in [-0.1, -0.05) is 18.2 Å². The second-order valence-electron chi connectivity index (χ2n) is 4.66. The fourth-order valence-corrected chi connectivity index (χ4v) is 2.21. The van der Waals surface area contributed by atoms with E-state index in [2.05, 4.69) is 0 Å². The number of amides is 1. The van der Waals surface area contributed by atoms with Gasteiger partial charge in [-0.3, -0.25) is 14.4 Å². The number of Topliss-reactive ketones (excluding diaryl/α,β-unsaturated/α-hetero) is 1. The van der Waals surface area contributed by atoms with E-state index in [1.807, 2.05) is 18.2 Å². The molecule has 1 aromatic rings. The van der Waals surface area contributed by atoms with Gasteiger partial charge in [-0.05, 0) is 18.6 Å². The molecule has 0 saturated carbocycles. The van der Waals surface area contributed by atoms with Crippen LogP contribution in [-0.4, -0.2) is 35.7 Å². The maximum atomic E-state index is 12.1. The van der Waals surface area contributed by atoms with E-state index in [9.17, 15) is 14.4 Å². The third-order valence-electron chi connectivity index (χ3n) is 3.18. The quantitative estimate of drug-likeness (QED) is 0.739. The molecule has 0 atom stereocenters. The molecule has 0 radical (unpaired) electrons. The summed E-state index contributed by atoms with van der Waals surface area (Å²) in [4.78, 5) is 36.5. The summed E-state index contributed by atoms with van der Waals surface area (Å²) in [6, 6.07) is 7.33. The zero-order chi connectivity index (χ0) is 14.5. The number of hydrogen-bond acceptors (Lipinski definition) is 4. The molecular formula is C15H17NO4. The Morgan fingerprint density at radius 1 is 1.25 bits per heavy atom. The highest BCUT2D eigenvalue weighted by atomic mass is 16.5. The molecule has 1 amide bonds. The molecule has 0 spiro atoms. The van der Waals surface area contributed by atoms with E-state index in [4.69, 9.17) is 4.74 Å². The summed E-state index contributed by atoms with van der Waals surface area (Å²) in [6.07, 6.45) is 0.181. The Kier molecular flexibility index (Phi) is 4.50. The van der Waals surface area contributed by atoms with E-state index in [1.54, 1.807) is 13.0 Å². The SMILES string of the molecule is CCOC(=O)CCC(=O)CN1Cc2ccccc2C1=O. The lowest BCUT2D eigenvalue weighted by Gasteiger charge is -2.14. The second-order valence-corrected chi connectivity index (χ2v) is 4.66. The van der Waals surface area contributed by atoms with E-state index in [-0.39, 0.29) is 37.0 Å². The van der Waals surface area contributed by atoms with Gasteiger partial charge in [0.2, 0.25) is 0 Å². The monoisotopic (exact) mass is 275 g/mol. The van der Waals surface area contributed by atoms with Crippen molar-refractivity contribution < 1.29 is 19.1 Å². The first-order valence-electron chi connectivity index (χ1n) is 6.66. The highest BCUT2D eigenvalue weighted by Crippen LogP contribution is 2.22. The van der Waals surface area contributed by atoms with Crippen molar-refractivity contribution in [3.8, 4) is 0 Å². The average molecular weight is 275 g/mol. The number of hydrogen-bond donors (Lipinski definition) is 0. The number of nitrogens with zero attached hydrogens (tertiary/aromatic N) is 1. The third kappa shape index (κ3) is 3.23. The number of carbonyl (C=O) groups excluding carboxylic acids is 3. The summed E-state index contributed by atoms with van der Waals surface area (Å²) in [5.74, 6) is -0.624. The van der Waals surface area contributed by atoms with Crippen LogP contribution in [0.2, 0.25) is 0 Å². The lowest BCUT2D eigenvalue weighted by Crippen LogP contribution is -2.30. The molecule has 1 heterocycles. The Morgan fingerprint density at radius 3 is 2.70 bits per heavy atom. The van der Waals surface area contributed by atoms with Crippen LogP contribution < -0.4 is 0 Å². The lowest BCUT2D eigenvalue weighted by molar-refractivity contribution is -0.144. The summed E-state index contributed by atoms with van der Waals surface area (Å²) in [5, 5.41) is 0. The summed E-state index contributed by atoms with van der Waals surface area (Å²) >= 11 is 0. The van der Waals surface area contributed by atoms with E-state index in [0.29, 0.717) is 18.7 Å². The molecule has 106 valence electrons. The molecule has 0 saturated heterocycles. The predicted octanol–water partition coefficient (Wildman–Crippen LogP) is 1.55. The van der Waals surface area contributed by atoms with Gasteiger partial charge < -0.3 is 9.64 Å². The number of ketones is 1. The lowest BCUT2D eigenvalue weighted by atomic mass is 10.1. The van der Waals surface area contributed by atoms with Crippen molar-refractivity contribution in [2.75, 3.05) is 13.2 Å². The van der Waals surface area contributed by atoms with Crippen molar-refractivity contribution in [3.63, 3.8) is 0 Å². The molecule has 0 fully saturated rings. The van der Waals surface area contributed by atoms with Crippen LogP contribution >= 0.6 is 0 Å². The van der Waals surface area contributed by atoms with E-state index in [1.165, 1.54) is 4.90 Å². The zero-order valence-corrected chi connectivity index (χ0v) is 11.4. The molecule has 1 aromatic carbocycles. The first-order chi connectivity index (χ1) is 9.61. The van der Waals surface area contributed by atoms with Crippen molar-refractivity contribution in [1.82, 2.24) is 4.90 Å². The molecule has 0 bridgehead atoms. The van der Waals surface area contributed by atoms with Crippen molar-refractivity contribution in [2.45, 2.75) is 26.3 Å². The van der Waals surface area contributed by atoms with Crippen LogP contribution in [0.25, 0.3) is 0 Å². The van der Waals surface area contributed by atoms with E-state index in [0.717, 1.165) is 5.56 Å². The van der Waals surface area contributed by atoms with Crippen molar-refractivity contribution in [1.29, 1.82) is 0 Å². The smallest absolute Gasteiger partial charge is 0.306 e. The minimum atomic E-state index is -0.378. The molecule has 20 heavy (non-hydrogen) atoms. The minimum absolute atomic E-state index is 0.0485. The Labute approximate surface area is 117 Å². The highest BCUT2D eigenvalue weighted by molar-refractivity contribution is 6.00. The van der Waals surface area contributed by atoms with Gasteiger partial charge in [0.15, 0.2) is 5.78 Å². The van der Waals surface area contributed by atoms with Gasteiger partial charge in [0.05, 0.1) is 19.6 Å². The number of fused-ring (bicyclic) bond motifs is 1. The molecular weight excluding hydrogens is 258 g/mol. The van der Waals surface area contributed by atoms with Gasteiger partial charge in [-0.25, -0.2) is 0 Å². The Balaban J connectivity index is 1.85. The van der Waals surface area contributed by atoms with E-state index < -0.39 is 0 Å². The van der Waals surface area contributed by atoms with Crippen LogP contribution in [0.5, 0.6) is 0 Å². The van der Waals surface area contributed by atoms with Crippen molar-refractivity contribution in [2.24, 2.45) is 0 Å². The van der Waals surface area contributed by atoms with Gasteiger partial charge in [0, 0.05) is 18.5 Å². The number of esters is 1. The molecule has 0 unspecified atom stereocenters. The standard InChI is InChI=1S/C15H17NO4/c1-2-20-14(18)8-7-12(17)10-16-9-11-5-3-4-6-13(11)15(16)19/h3-6H,2,7-10H2,1H3. The van der Waals surface area contributed by atoms with Gasteiger partial charge in [0.1, 0.15) is 0 Å². The second kappa shape index (κ2) is 6.32. The van der Waals surface area contributed by atoms with Crippen LogP contribution in [-0.2, 0) is 20.9 Å². The van der Waals surface area contributed by atoms with Crippen molar-refractivity contribution in [3.05, 3.63) is 35.4 Å². The Morgan fingerprint density at radius 2 is 2.00 bits per heavy atom. The van der Waals surface area contributed by atoms with Gasteiger partial charge >= 0.3 is 5.97 Å². The average Bonchev–Trinajstić information content (AvgIpc) is 2.74. The fourth-order valence-electron chi connectivity index (χ4n) is 2.21. The topological polar surface area (TPSA) is 63.7 Å². The minimum Gasteiger partial charge on any atom is -0.466 e. The predicted molar refractivity (Wildman–Crippen MR) is 72.1 cm³/mol. The summed E-state index contributed by atoms with van der Waals surface area (Å²) in [6.45, 7) is 2.54. The molecule has 1 aliphatic rings. The van der Waals surface area contributed by atoms with Gasteiger partial charge in [-0.15, -0.1) is 0 Å². The zero-order valence-electron chi connectivity index (χ0n) is 11.4. The first kappa shape index (κ1) is 14.2. The summed E-state index contributed by atoms with van der Waals surface area (Å²) in [7, 11) is 0. The van der Waals surface area contributed by atoms with E-state index >= 15 is 0 Å². The number of benzene rings is 1. The number of ether oxygens (including phenoxy) is 1. The Hall–Kier alpha value is -2.17. The highest BCUT2D eigenvalue weighted by Gasteiger charge is 2.28. The fraction of sp³-hybridized carbons (Fsp3) is 0.400. The molecule has 0 aromatic heterocycles. The maximum Gasteiger partial charge on any atom is 0.306 e. The maximum absolute atomic E-state index is 12.1. The van der Waals surface area contributed by atoms with Crippen LogP contribution in [0.4, 0.5) is 0 Å². The van der Waals surface area contributed by atoms with Crippen LogP contribution in [0, 0.1) is 0 Å². The molecule has 2 rings (SSSR count). The van der Waals surface area contributed by atoms with Crippen molar-refractivity contribution >= 4 is 17.7 Å². The summed E-state index contributed by atoms with van der Waals surface area (Å²) < 4.78 is 4.76. The van der Waals surface area contributed by atoms with Crippen LogP contribution in [0.1, 0.15) is 35.7 Å². The molecule has 5 nitrogen and oxygen atoms in total. The van der Waals surface area contributed by atoms with Crippen LogP contribution in [0.15, 0.2) is 24.3 Å². The number of rotatable bonds is 6. The summed E-state index contributed by atoms with van der Waals surface area (Å²) in [5.41, 5.74) is 1.60. The van der Waals surface area contributed by atoms with Gasteiger partial charge in [0.25, 0.3) is 5.91 Å². The third-order valence-corrected chi connectivity index (χ3v) is 3.18. The molecule has 5 heteroatoms.